The normalized spacial score (nSPS) is 11.8. The molecule has 4 aromatic carbocycles. The molecule has 254 valence electrons. The summed E-state index contributed by atoms with van der Waals surface area (Å²) in [5, 5.41) is 3.83. The van der Waals surface area contributed by atoms with Gasteiger partial charge in [-0.2, -0.15) is 0 Å². The van der Waals surface area contributed by atoms with Gasteiger partial charge in [-0.15, -0.1) is 0 Å². The molecule has 1 N–H and O–H groups in total. The molecule has 1 atom stereocenters. The highest BCUT2D eigenvalue weighted by atomic mass is 35.5. The number of sulfonamides is 1. The molecule has 4 aromatic rings. The van der Waals surface area contributed by atoms with Gasteiger partial charge >= 0.3 is 0 Å². The number of nitrogens with zero attached hydrogens (tertiary/aromatic N) is 2. The number of methoxy groups -OCH3 is 2. The van der Waals surface area contributed by atoms with Crippen LogP contribution in [0.4, 0.5) is 5.69 Å². The Kier molecular flexibility index (Phi) is 13.1. The van der Waals surface area contributed by atoms with Crippen molar-refractivity contribution in [3.63, 3.8) is 0 Å². The molecular weight excluding hydrogens is 673 g/mol. The largest absolute Gasteiger partial charge is 0.493 e. The molecule has 0 heterocycles. The van der Waals surface area contributed by atoms with Gasteiger partial charge in [-0.3, -0.25) is 13.9 Å². The number of amides is 2. The van der Waals surface area contributed by atoms with E-state index in [-0.39, 0.29) is 35.2 Å². The summed E-state index contributed by atoms with van der Waals surface area (Å²) in [6.45, 7) is 1.84. The maximum Gasteiger partial charge on any atom is 0.264 e. The second-order valence-electron chi connectivity index (χ2n) is 11.0. The Labute approximate surface area is 292 Å². The van der Waals surface area contributed by atoms with Gasteiger partial charge in [0.1, 0.15) is 12.6 Å². The van der Waals surface area contributed by atoms with Crippen molar-refractivity contribution in [3.8, 4) is 11.5 Å². The van der Waals surface area contributed by atoms with E-state index in [1.807, 2.05) is 37.3 Å². The third-order valence-corrected chi connectivity index (χ3v) is 9.94. The number of unbranched alkanes of at least 4 members (excludes halogenated alkanes) is 1. The summed E-state index contributed by atoms with van der Waals surface area (Å²) >= 11 is 12.5. The molecule has 0 saturated heterocycles. The number of rotatable bonds is 16. The molecule has 48 heavy (non-hydrogen) atoms. The molecule has 0 unspecified atom stereocenters. The predicted molar refractivity (Wildman–Crippen MR) is 189 cm³/mol. The minimum absolute atomic E-state index is 0.00293. The van der Waals surface area contributed by atoms with Gasteiger partial charge in [-0.25, -0.2) is 8.42 Å². The van der Waals surface area contributed by atoms with Crippen LogP contribution in [0.15, 0.2) is 102 Å². The molecule has 0 spiro atoms. The van der Waals surface area contributed by atoms with Crippen molar-refractivity contribution < 1.29 is 27.5 Å². The van der Waals surface area contributed by atoms with Crippen LogP contribution >= 0.6 is 23.2 Å². The highest BCUT2D eigenvalue weighted by molar-refractivity contribution is 7.92. The number of ether oxygens (including phenoxy) is 2. The van der Waals surface area contributed by atoms with E-state index in [0.717, 1.165) is 22.7 Å². The third-order valence-electron chi connectivity index (χ3n) is 7.68. The lowest BCUT2D eigenvalue weighted by Crippen LogP contribution is -2.53. The lowest BCUT2D eigenvalue weighted by molar-refractivity contribution is -0.140. The lowest BCUT2D eigenvalue weighted by atomic mass is 10.0. The van der Waals surface area contributed by atoms with Crippen LogP contribution in [0.5, 0.6) is 11.5 Å². The second kappa shape index (κ2) is 17.2. The second-order valence-corrected chi connectivity index (χ2v) is 13.7. The fourth-order valence-electron chi connectivity index (χ4n) is 5.13. The number of halogens is 2. The minimum Gasteiger partial charge on any atom is -0.493 e. The minimum atomic E-state index is -4.37. The van der Waals surface area contributed by atoms with Crippen LogP contribution in [0.3, 0.4) is 0 Å². The molecule has 0 aliphatic carbocycles. The lowest BCUT2D eigenvalue weighted by Gasteiger charge is -2.34. The van der Waals surface area contributed by atoms with Gasteiger partial charge < -0.3 is 19.7 Å². The van der Waals surface area contributed by atoms with Crippen LogP contribution in [0.1, 0.15) is 30.9 Å². The average molecular weight is 713 g/mol. The van der Waals surface area contributed by atoms with Crippen LogP contribution in [0.25, 0.3) is 0 Å². The molecule has 0 radical (unpaired) electrons. The van der Waals surface area contributed by atoms with Crippen molar-refractivity contribution in [1.29, 1.82) is 0 Å². The van der Waals surface area contributed by atoms with E-state index in [0.29, 0.717) is 27.9 Å². The van der Waals surface area contributed by atoms with Crippen LogP contribution in [0, 0.1) is 0 Å². The number of benzene rings is 4. The standard InChI is InChI=1S/C36H39Cl2N3O6S/c1-4-5-20-39-36(43)32(22-26-10-7-6-8-11-26)40(24-27-12-9-13-29(38)21-27)35(42)25-41(30-16-14-28(37)15-17-30)48(44,45)31-18-19-33(46-2)34(23-31)47-3/h6-19,21,23,32H,4-5,20,22,24-25H2,1-3H3,(H,39,43)/t32-/m0/s1. The van der Waals surface area contributed by atoms with Gasteiger partial charge in [0, 0.05) is 35.6 Å². The Morgan fingerprint density at radius 3 is 2.15 bits per heavy atom. The number of carbonyl (C=O) groups excluding carboxylic acids is 2. The summed E-state index contributed by atoms with van der Waals surface area (Å²) in [5.41, 5.74) is 1.72. The van der Waals surface area contributed by atoms with Crippen molar-refractivity contribution in [2.24, 2.45) is 0 Å². The fourth-order valence-corrected chi connectivity index (χ4v) is 6.90. The highest BCUT2D eigenvalue weighted by Crippen LogP contribution is 2.33. The summed E-state index contributed by atoms with van der Waals surface area (Å²) in [5.74, 6) is -0.393. The first-order valence-corrected chi connectivity index (χ1v) is 17.6. The zero-order valence-electron chi connectivity index (χ0n) is 27.1. The maximum absolute atomic E-state index is 14.6. The maximum atomic E-state index is 14.6. The Bertz CT molecular complexity index is 1790. The van der Waals surface area contributed by atoms with E-state index in [4.69, 9.17) is 32.7 Å². The Hall–Kier alpha value is -4.25. The van der Waals surface area contributed by atoms with Crippen molar-refractivity contribution in [2.75, 3.05) is 31.6 Å². The Morgan fingerprint density at radius 2 is 1.50 bits per heavy atom. The molecule has 0 aliphatic heterocycles. The molecule has 0 aliphatic rings. The molecule has 0 fully saturated rings. The van der Waals surface area contributed by atoms with E-state index in [9.17, 15) is 18.0 Å². The summed E-state index contributed by atoms with van der Waals surface area (Å²) in [6.07, 6.45) is 1.84. The third kappa shape index (κ3) is 9.43. The fraction of sp³-hybridized carbons (Fsp3) is 0.278. The van der Waals surface area contributed by atoms with E-state index in [1.165, 1.54) is 49.5 Å². The van der Waals surface area contributed by atoms with Gasteiger partial charge in [0.2, 0.25) is 11.8 Å². The molecule has 0 saturated carbocycles. The van der Waals surface area contributed by atoms with Crippen molar-refractivity contribution in [2.45, 2.75) is 43.7 Å². The van der Waals surface area contributed by atoms with E-state index in [2.05, 4.69) is 5.32 Å². The van der Waals surface area contributed by atoms with Crippen LogP contribution < -0.4 is 19.1 Å². The molecule has 0 bridgehead atoms. The topological polar surface area (TPSA) is 105 Å². The number of carbonyl (C=O) groups is 2. The van der Waals surface area contributed by atoms with Crippen molar-refractivity contribution in [1.82, 2.24) is 10.2 Å². The number of hydrogen-bond acceptors (Lipinski definition) is 6. The van der Waals surface area contributed by atoms with Gasteiger partial charge in [0.25, 0.3) is 10.0 Å². The van der Waals surface area contributed by atoms with E-state index < -0.39 is 28.5 Å². The van der Waals surface area contributed by atoms with Crippen molar-refractivity contribution >= 4 is 50.7 Å². The van der Waals surface area contributed by atoms with Gasteiger partial charge in [-0.1, -0.05) is 79.0 Å². The number of hydrogen-bond donors (Lipinski definition) is 1. The highest BCUT2D eigenvalue weighted by Gasteiger charge is 2.35. The summed E-state index contributed by atoms with van der Waals surface area (Å²) < 4.78 is 40.4. The number of anilines is 1. The van der Waals surface area contributed by atoms with Crippen LogP contribution in [-0.2, 0) is 32.6 Å². The zero-order chi connectivity index (χ0) is 34.7. The van der Waals surface area contributed by atoms with Crippen molar-refractivity contribution in [3.05, 3.63) is 118 Å². The zero-order valence-corrected chi connectivity index (χ0v) is 29.4. The Morgan fingerprint density at radius 1 is 0.812 bits per heavy atom. The first kappa shape index (κ1) is 36.6. The van der Waals surface area contributed by atoms with E-state index >= 15 is 0 Å². The van der Waals surface area contributed by atoms with Crippen LogP contribution in [0.2, 0.25) is 10.0 Å². The smallest absolute Gasteiger partial charge is 0.264 e. The first-order valence-electron chi connectivity index (χ1n) is 15.4. The Balaban J connectivity index is 1.81. The molecular formula is C36H39Cl2N3O6S. The number of nitrogens with one attached hydrogen (secondary N) is 1. The molecule has 0 aromatic heterocycles. The molecule has 2 amide bonds. The quantitative estimate of drug-likeness (QED) is 0.129. The summed E-state index contributed by atoms with van der Waals surface area (Å²) in [7, 11) is -1.52. The summed E-state index contributed by atoms with van der Waals surface area (Å²) in [4.78, 5) is 29.8. The van der Waals surface area contributed by atoms with Crippen LogP contribution in [-0.4, -0.2) is 58.5 Å². The van der Waals surface area contributed by atoms with Gasteiger partial charge in [0.05, 0.1) is 24.8 Å². The molecule has 9 nitrogen and oxygen atoms in total. The van der Waals surface area contributed by atoms with E-state index in [1.54, 1.807) is 36.4 Å². The first-order chi connectivity index (χ1) is 23.1. The average Bonchev–Trinajstić information content (AvgIpc) is 3.09. The molecule has 12 heteroatoms. The molecule has 4 rings (SSSR count). The predicted octanol–water partition coefficient (Wildman–Crippen LogP) is 6.76. The summed E-state index contributed by atoms with van der Waals surface area (Å²) in [6, 6.07) is 25.7. The SMILES string of the molecule is CCCCNC(=O)[C@H](Cc1ccccc1)N(Cc1cccc(Cl)c1)C(=O)CN(c1ccc(Cl)cc1)S(=O)(=O)c1ccc(OC)c(OC)c1. The van der Waals surface area contributed by atoms with Gasteiger partial charge in [-0.05, 0) is 66.1 Å². The van der Waals surface area contributed by atoms with Gasteiger partial charge in [0.15, 0.2) is 11.5 Å². The monoisotopic (exact) mass is 711 g/mol.